The van der Waals surface area contributed by atoms with Crippen molar-refractivity contribution >= 4 is 0 Å². The van der Waals surface area contributed by atoms with Gasteiger partial charge in [0.05, 0.1) is 11.4 Å². The van der Waals surface area contributed by atoms with Gasteiger partial charge < -0.3 is 5.32 Å². The van der Waals surface area contributed by atoms with E-state index in [0.29, 0.717) is 6.04 Å². The molecule has 2 aliphatic rings. The number of aromatic amines is 1. The summed E-state index contributed by atoms with van der Waals surface area (Å²) in [5, 5.41) is 11.2. The Balaban J connectivity index is 1.74. The topological polar surface area (TPSA) is 40.7 Å². The quantitative estimate of drug-likeness (QED) is 0.778. The second-order valence-electron chi connectivity index (χ2n) is 4.88. The van der Waals surface area contributed by atoms with Crippen LogP contribution in [-0.4, -0.2) is 16.7 Å². The highest BCUT2D eigenvalue weighted by Crippen LogP contribution is 2.34. The zero-order valence-electron chi connectivity index (χ0n) is 9.13. The molecule has 1 aliphatic carbocycles. The third-order valence-corrected chi connectivity index (χ3v) is 3.83. The van der Waals surface area contributed by atoms with Gasteiger partial charge in [0.2, 0.25) is 0 Å². The van der Waals surface area contributed by atoms with E-state index in [9.17, 15) is 0 Å². The van der Waals surface area contributed by atoms with E-state index in [1.165, 1.54) is 49.9 Å². The fourth-order valence-electron chi connectivity index (χ4n) is 2.91. The average Bonchev–Trinajstić information content (AvgIpc) is 3.02. The normalized spacial score (nSPS) is 27.6. The van der Waals surface area contributed by atoms with E-state index >= 15 is 0 Å². The molecule has 0 spiro atoms. The van der Waals surface area contributed by atoms with Gasteiger partial charge in [-0.1, -0.05) is 12.8 Å². The highest BCUT2D eigenvalue weighted by atomic mass is 15.1. The van der Waals surface area contributed by atoms with E-state index in [4.69, 9.17) is 0 Å². The Bertz CT molecular complexity index is 289. The molecule has 2 fully saturated rings. The zero-order valence-corrected chi connectivity index (χ0v) is 9.13. The molecule has 0 aromatic carbocycles. The monoisotopic (exact) mass is 205 g/mol. The first-order valence-corrected chi connectivity index (χ1v) is 6.22. The van der Waals surface area contributed by atoms with Crippen LogP contribution in [0.25, 0.3) is 0 Å². The van der Waals surface area contributed by atoms with Crippen molar-refractivity contribution in [2.45, 2.75) is 50.5 Å². The summed E-state index contributed by atoms with van der Waals surface area (Å²) in [6.07, 6.45) is 7.99. The van der Waals surface area contributed by atoms with Crippen LogP contribution >= 0.6 is 0 Å². The van der Waals surface area contributed by atoms with Gasteiger partial charge in [0.1, 0.15) is 0 Å². The first-order chi connectivity index (χ1) is 7.43. The summed E-state index contributed by atoms with van der Waals surface area (Å²) >= 11 is 0. The molecule has 2 N–H and O–H groups in total. The number of nitrogens with one attached hydrogen (secondary N) is 2. The first-order valence-electron chi connectivity index (χ1n) is 6.22. The smallest absolute Gasteiger partial charge is 0.0656 e. The lowest BCUT2D eigenvalue weighted by Gasteiger charge is -2.06. The summed E-state index contributed by atoms with van der Waals surface area (Å²) in [5.41, 5.74) is 2.60. The van der Waals surface area contributed by atoms with Crippen molar-refractivity contribution < 1.29 is 0 Å². The van der Waals surface area contributed by atoms with Gasteiger partial charge in [0.25, 0.3) is 0 Å². The molecule has 1 saturated carbocycles. The van der Waals surface area contributed by atoms with Crippen LogP contribution in [0.3, 0.4) is 0 Å². The molecule has 3 nitrogen and oxygen atoms in total. The maximum absolute atomic E-state index is 4.48. The predicted octanol–water partition coefficient (Wildman–Crippen LogP) is 2.49. The highest BCUT2D eigenvalue weighted by Gasteiger charge is 2.23. The maximum Gasteiger partial charge on any atom is 0.0656 e. The Morgan fingerprint density at radius 3 is 2.73 bits per heavy atom. The van der Waals surface area contributed by atoms with E-state index in [1.807, 2.05) is 0 Å². The molecule has 2 heterocycles. The number of aromatic nitrogens is 2. The third-order valence-electron chi connectivity index (χ3n) is 3.83. The standard InChI is InChI=1S/C12H19N3/c1-2-5-9(4-1)11-8-12(15-14-11)10-6-3-7-13-10/h8-10,13H,1-7H2,(H,14,15). The van der Waals surface area contributed by atoms with Crippen molar-refractivity contribution in [2.24, 2.45) is 0 Å². The summed E-state index contributed by atoms with van der Waals surface area (Å²) in [5.74, 6) is 0.733. The van der Waals surface area contributed by atoms with Crippen molar-refractivity contribution in [3.05, 3.63) is 17.5 Å². The third kappa shape index (κ3) is 1.81. The van der Waals surface area contributed by atoms with Crippen LogP contribution in [0.2, 0.25) is 0 Å². The molecule has 82 valence electrons. The number of hydrogen-bond acceptors (Lipinski definition) is 2. The zero-order chi connectivity index (χ0) is 10.1. The average molecular weight is 205 g/mol. The molecule has 1 unspecified atom stereocenters. The summed E-state index contributed by atoms with van der Waals surface area (Å²) in [4.78, 5) is 0. The molecular weight excluding hydrogens is 186 g/mol. The largest absolute Gasteiger partial charge is 0.309 e. The molecule has 1 aromatic rings. The Morgan fingerprint density at radius 1 is 1.13 bits per heavy atom. The Kier molecular flexibility index (Phi) is 2.49. The van der Waals surface area contributed by atoms with Crippen LogP contribution in [-0.2, 0) is 0 Å². The van der Waals surface area contributed by atoms with E-state index in [2.05, 4.69) is 21.6 Å². The number of rotatable bonds is 2. The van der Waals surface area contributed by atoms with Crippen LogP contribution in [0.5, 0.6) is 0 Å². The van der Waals surface area contributed by atoms with Crippen molar-refractivity contribution in [2.75, 3.05) is 6.54 Å². The summed E-state index contributed by atoms with van der Waals surface area (Å²) in [7, 11) is 0. The lowest BCUT2D eigenvalue weighted by Crippen LogP contribution is -2.12. The second kappa shape index (κ2) is 3.97. The fraction of sp³-hybridized carbons (Fsp3) is 0.750. The first kappa shape index (κ1) is 9.40. The van der Waals surface area contributed by atoms with Gasteiger partial charge in [-0.05, 0) is 38.3 Å². The predicted molar refractivity (Wildman–Crippen MR) is 59.8 cm³/mol. The second-order valence-corrected chi connectivity index (χ2v) is 4.88. The number of nitrogens with zero attached hydrogens (tertiary/aromatic N) is 1. The molecular formula is C12H19N3. The minimum Gasteiger partial charge on any atom is -0.309 e. The molecule has 3 rings (SSSR count). The van der Waals surface area contributed by atoms with Crippen LogP contribution < -0.4 is 5.32 Å². The van der Waals surface area contributed by atoms with Crippen molar-refractivity contribution in [3.8, 4) is 0 Å². The van der Waals surface area contributed by atoms with Crippen LogP contribution in [0, 0.1) is 0 Å². The fourth-order valence-corrected chi connectivity index (χ4v) is 2.91. The highest BCUT2D eigenvalue weighted by molar-refractivity contribution is 5.17. The molecule has 15 heavy (non-hydrogen) atoms. The summed E-state index contributed by atoms with van der Waals surface area (Å²) in [6, 6.07) is 2.83. The van der Waals surface area contributed by atoms with Crippen molar-refractivity contribution in [1.29, 1.82) is 0 Å². The lowest BCUT2D eigenvalue weighted by molar-refractivity contribution is 0.625. The van der Waals surface area contributed by atoms with Gasteiger partial charge in [0.15, 0.2) is 0 Å². The SMILES string of the molecule is c1c(C2CCCC2)n[nH]c1C1CCCN1. The van der Waals surface area contributed by atoms with E-state index in [0.717, 1.165) is 12.5 Å². The van der Waals surface area contributed by atoms with Crippen LogP contribution in [0.4, 0.5) is 0 Å². The van der Waals surface area contributed by atoms with Gasteiger partial charge in [-0.2, -0.15) is 5.10 Å². The van der Waals surface area contributed by atoms with E-state index < -0.39 is 0 Å². The van der Waals surface area contributed by atoms with Gasteiger partial charge in [-0.15, -0.1) is 0 Å². The molecule has 1 saturated heterocycles. The van der Waals surface area contributed by atoms with Crippen molar-refractivity contribution in [3.63, 3.8) is 0 Å². The lowest BCUT2D eigenvalue weighted by atomic mass is 10.0. The molecule has 0 amide bonds. The van der Waals surface area contributed by atoms with E-state index in [-0.39, 0.29) is 0 Å². The molecule has 1 atom stereocenters. The van der Waals surface area contributed by atoms with Crippen molar-refractivity contribution in [1.82, 2.24) is 15.5 Å². The molecule has 3 heteroatoms. The molecule has 0 radical (unpaired) electrons. The Hall–Kier alpha value is -0.830. The van der Waals surface area contributed by atoms with Gasteiger partial charge in [0, 0.05) is 12.0 Å². The van der Waals surface area contributed by atoms with Gasteiger partial charge >= 0.3 is 0 Å². The molecule has 1 aromatic heterocycles. The van der Waals surface area contributed by atoms with E-state index in [1.54, 1.807) is 0 Å². The van der Waals surface area contributed by atoms with Crippen LogP contribution in [0.15, 0.2) is 6.07 Å². The minimum absolute atomic E-state index is 0.535. The van der Waals surface area contributed by atoms with Gasteiger partial charge in [-0.3, -0.25) is 5.10 Å². The Morgan fingerprint density at radius 2 is 2.00 bits per heavy atom. The minimum atomic E-state index is 0.535. The maximum atomic E-state index is 4.48. The summed E-state index contributed by atoms with van der Waals surface area (Å²) in [6.45, 7) is 1.16. The molecule has 1 aliphatic heterocycles. The van der Waals surface area contributed by atoms with Gasteiger partial charge in [-0.25, -0.2) is 0 Å². The Labute approximate surface area is 90.7 Å². The summed E-state index contributed by atoms with van der Waals surface area (Å²) < 4.78 is 0. The number of H-pyrrole nitrogens is 1. The molecule has 0 bridgehead atoms. The van der Waals surface area contributed by atoms with Crippen LogP contribution in [0.1, 0.15) is 61.9 Å². The number of hydrogen-bond donors (Lipinski definition) is 2.